The Bertz CT molecular complexity index is 1300. The Kier molecular flexibility index (Phi) is 5.39. The van der Waals surface area contributed by atoms with Crippen LogP contribution >= 0.6 is 0 Å². The van der Waals surface area contributed by atoms with Gasteiger partial charge in [-0.1, -0.05) is 0 Å². The van der Waals surface area contributed by atoms with Crippen molar-refractivity contribution < 1.29 is 9.53 Å². The van der Waals surface area contributed by atoms with E-state index in [4.69, 9.17) is 4.74 Å². The maximum Gasteiger partial charge on any atom is 0.227 e. The second-order valence-corrected chi connectivity index (χ2v) is 8.90. The molecule has 1 aliphatic heterocycles. The smallest absolute Gasteiger partial charge is 0.227 e. The quantitative estimate of drug-likeness (QED) is 0.432. The molecule has 4 aromatic rings. The molecule has 0 unspecified atom stereocenters. The van der Waals surface area contributed by atoms with Gasteiger partial charge < -0.3 is 20.3 Å². The average molecular weight is 454 g/mol. The van der Waals surface area contributed by atoms with Gasteiger partial charge in [0.2, 0.25) is 5.91 Å². The second kappa shape index (κ2) is 8.83. The Hall–Kier alpha value is -3.84. The van der Waals surface area contributed by atoms with Crippen molar-refractivity contribution in [2.75, 3.05) is 41.8 Å². The number of aromatic nitrogens is 2. The van der Waals surface area contributed by atoms with E-state index in [0.717, 1.165) is 72.9 Å². The number of carbonyl (C=O) groups is 1. The van der Waals surface area contributed by atoms with Crippen molar-refractivity contribution >= 4 is 39.7 Å². The molecular weight excluding hydrogens is 426 g/mol. The van der Waals surface area contributed by atoms with E-state index >= 15 is 0 Å². The lowest BCUT2D eigenvalue weighted by molar-refractivity contribution is -0.117. The third-order valence-electron chi connectivity index (χ3n) is 6.44. The molecule has 0 radical (unpaired) electrons. The molecule has 6 rings (SSSR count). The van der Waals surface area contributed by atoms with E-state index in [0.29, 0.717) is 0 Å². The van der Waals surface area contributed by atoms with E-state index in [1.165, 1.54) is 5.69 Å². The first-order valence-corrected chi connectivity index (χ1v) is 11.8. The molecule has 2 aliphatic rings. The molecule has 3 aromatic carbocycles. The summed E-state index contributed by atoms with van der Waals surface area (Å²) < 4.78 is 7.50. The fraction of sp³-hybridized carbons (Fsp3) is 0.259. The van der Waals surface area contributed by atoms with Crippen LogP contribution in [0.3, 0.4) is 0 Å². The third-order valence-corrected chi connectivity index (χ3v) is 6.44. The highest BCUT2D eigenvalue weighted by molar-refractivity contribution is 5.94. The van der Waals surface area contributed by atoms with Crippen molar-refractivity contribution in [3.8, 4) is 5.69 Å². The summed E-state index contributed by atoms with van der Waals surface area (Å²) in [6.07, 6.45) is 3.84. The largest absolute Gasteiger partial charge is 0.378 e. The van der Waals surface area contributed by atoms with Gasteiger partial charge in [-0.25, -0.2) is 4.98 Å². The Morgan fingerprint density at radius 2 is 1.53 bits per heavy atom. The Balaban J connectivity index is 1.16. The number of ether oxygens (including phenoxy) is 1. The van der Waals surface area contributed by atoms with E-state index in [1.807, 2.05) is 30.6 Å². The first-order valence-electron chi connectivity index (χ1n) is 11.8. The fourth-order valence-corrected chi connectivity index (χ4v) is 4.34. The third kappa shape index (κ3) is 4.34. The predicted molar refractivity (Wildman–Crippen MR) is 135 cm³/mol. The number of imidazole rings is 1. The first-order chi connectivity index (χ1) is 16.7. The average Bonchev–Trinajstić information content (AvgIpc) is 3.66. The summed E-state index contributed by atoms with van der Waals surface area (Å²) >= 11 is 0. The molecule has 1 aliphatic carbocycles. The molecule has 2 heterocycles. The van der Waals surface area contributed by atoms with Crippen LogP contribution in [0.15, 0.2) is 73.1 Å². The van der Waals surface area contributed by atoms with Crippen molar-refractivity contribution in [3.05, 3.63) is 73.1 Å². The lowest BCUT2D eigenvalue weighted by Crippen LogP contribution is -2.36. The molecule has 0 bridgehead atoms. The molecule has 7 heteroatoms. The number of benzene rings is 3. The number of nitrogens with zero attached hydrogens (tertiary/aromatic N) is 3. The molecule has 1 aromatic heterocycles. The molecular formula is C27H27N5O2. The standard InChI is InChI=1S/C27H27N5O2/c33-27(19-1-2-19)30-21-5-10-24(11-6-21)32-18-28-25-17-22(7-12-26(25)32)29-20-3-8-23(9-4-20)31-13-15-34-16-14-31/h3-12,17-19,29H,1-2,13-16H2,(H,30,33). The molecule has 2 fully saturated rings. The molecule has 34 heavy (non-hydrogen) atoms. The van der Waals surface area contributed by atoms with Crippen LogP contribution in [0.4, 0.5) is 22.7 Å². The van der Waals surface area contributed by atoms with Crippen LogP contribution in [0.25, 0.3) is 16.7 Å². The van der Waals surface area contributed by atoms with E-state index in [2.05, 4.69) is 67.5 Å². The molecule has 0 spiro atoms. The van der Waals surface area contributed by atoms with Crippen LogP contribution in [0.1, 0.15) is 12.8 Å². The summed E-state index contributed by atoms with van der Waals surface area (Å²) in [5, 5.41) is 6.47. The van der Waals surface area contributed by atoms with Crippen LogP contribution < -0.4 is 15.5 Å². The predicted octanol–water partition coefficient (Wildman–Crippen LogP) is 4.95. The minimum Gasteiger partial charge on any atom is -0.378 e. The van der Waals surface area contributed by atoms with Gasteiger partial charge in [0.05, 0.1) is 24.2 Å². The molecule has 2 N–H and O–H groups in total. The second-order valence-electron chi connectivity index (χ2n) is 8.90. The molecule has 1 amide bonds. The summed E-state index contributed by atoms with van der Waals surface area (Å²) in [5.41, 5.74) is 7.04. The number of hydrogen-bond donors (Lipinski definition) is 2. The maximum atomic E-state index is 12.0. The van der Waals surface area contributed by atoms with Gasteiger partial charge in [-0.2, -0.15) is 0 Å². The van der Waals surface area contributed by atoms with Gasteiger partial charge >= 0.3 is 0 Å². The number of nitrogens with one attached hydrogen (secondary N) is 2. The highest BCUT2D eigenvalue weighted by atomic mass is 16.5. The van der Waals surface area contributed by atoms with Crippen molar-refractivity contribution in [2.24, 2.45) is 5.92 Å². The summed E-state index contributed by atoms with van der Waals surface area (Å²) in [6, 6.07) is 22.6. The Morgan fingerprint density at radius 3 is 2.26 bits per heavy atom. The number of anilines is 4. The SMILES string of the molecule is O=C(Nc1ccc(-n2cnc3cc(Nc4ccc(N5CCOCC5)cc4)ccc32)cc1)C1CC1. The van der Waals surface area contributed by atoms with Crippen molar-refractivity contribution in [2.45, 2.75) is 12.8 Å². The summed E-state index contributed by atoms with van der Waals surface area (Å²) in [6.45, 7) is 3.44. The van der Waals surface area contributed by atoms with Gasteiger partial charge in [-0.3, -0.25) is 9.36 Å². The molecule has 7 nitrogen and oxygen atoms in total. The van der Waals surface area contributed by atoms with Gasteiger partial charge in [0.25, 0.3) is 0 Å². The molecule has 1 saturated heterocycles. The number of morpholine rings is 1. The summed E-state index contributed by atoms with van der Waals surface area (Å²) in [7, 11) is 0. The zero-order valence-electron chi connectivity index (χ0n) is 18.9. The normalized spacial score (nSPS) is 15.9. The zero-order chi connectivity index (χ0) is 22.9. The maximum absolute atomic E-state index is 12.0. The van der Waals surface area contributed by atoms with Crippen molar-refractivity contribution in [3.63, 3.8) is 0 Å². The highest BCUT2D eigenvalue weighted by Gasteiger charge is 2.29. The molecule has 1 saturated carbocycles. The van der Waals surface area contributed by atoms with E-state index < -0.39 is 0 Å². The van der Waals surface area contributed by atoms with Gasteiger partial charge in [0.1, 0.15) is 6.33 Å². The number of carbonyl (C=O) groups excluding carboxylic acids is 1. The first kappa shape index (κ1) is 20.7. The number of rotatable bonds is 6. The van der Waals surface area contributed by atoms with Crippen LogP contribution in [-0.4, -0.2) is 41.8 Å². The van der Waals surface area contributed by atoms with Gasteiger partial charge in [0.15, 0.2) is 0 Å². The lowest BCUT2D eigenvalue weighted by Gasteiger charge is -2.28. The Morgan fingerprint density at radius 1 is 0.853 bits per heavy atom. The molecule has 0 atom stereocenters. The highest BCUT2D eigenvalue weighted by Crippen LogP contribution is 2.30. The minimum atomic E-state index is 0.122. The topological polar surface area (TPSA) is 71.4 Å². The van der Waals surface area contributed by atoms with Crippen LogP contribution in [-0.2, 0) is 9.53 Å². The zero-order valence-corrected chi connectivity index (χ0v) is 18.9. The van der Waals surface area contributed by atoms with Gasteiger partial charge in [-0.15, -0.1) is 0 Å². The van der Waals surface area contributed by atoms with E-state index in [9.17, 15) is 4.79 Å². The lowest BCUT2D eigenvalue weighted by atomic mass is 10.2. The Labute approximate surface area is 198 Å². The van der Waals surface area contributed by atoms with Crippen LogP contribution in [0.5, 0.6) is 0 Å². The monoisotopic (exact) mass is 453 g/mol. The number of amides is 1. The van der Waals surface area contributed by atoms with Gasteiger partial charge in [0, 0.05) is 47.4 Å². The van der Waals surface area contributed by atoms with Crippen LogP contribution in [0, 0.1) is 5.92 Å². The fourth-order valence-electron chi connectivity index (χ4n) is 4.34. The number of fused-ring (bicyclic) bond motifs is 1. The van der Waals surface area contributed by atoms with Crippen molar-refractivity contribution in [1.29, 1.82) is 0 Å². The number of hydrogen-bond acceptors (Lipinski definition) is 5. The van der Waals surface area contributed by atoms with E-state index in [-0.39, 0.29) is 11.8 Å². The van der Waals surface area contributed by atoms with Gasteiger partial charge in [-0.05, 0) is 79.6 Å². The van der Waals surface area contributed by atoms with Crippen molar-refractivity contribution in [1.82, 2.24) is 9.55 Å². The summed E-state index contributed by atoms with van der Waals surface area (Å²) in [4.78, 5) is 18.9. The minimum absolute atomic E-state index is 0.122. The van der Waals surface area contributed by atoms with Crippen LogP contribution in [0.2, 0.25) is 0 Å². The van der Waals surface area contributed by atoms with E-state index in [1.54, 1.807) is 0 Å². The molecule has 172 valence electrons. The summed E-state index contributed by atoms with van der Waals surface area (Å²) in [5.74, 6) is 0.319.